The lowest BCUT2D eigenvalue weighted by Gasteiger charge is -2.39. The molecule has 0 saturated carbocycles. The van der Waals surface area contributed by atoms with Crippen LogP contribution in [0.3, 0.4) is 0 Å². The largest absolute Gasteiger partial charge is 0.492 e. The average molecular weight is 287 g/mol. The van der Waals surface area contributed by atoms with Crippen LogP contribution in [0.5, 0.6) is 5.75 Å². The summed E-state index contributed by atoms with van der Waals surface area (Å²) in [5.41, 5.74) is 1.63. The third-order valence-electron chi connectivity index (χ3n) is 5.26. The second-order valence-corrected chi connectivity index (χ2v) is 6.15. The summed E-state index contributed by atoms with van der Waals surface area (Å²) >= 11 is 0. The molecule has 21 heavy (non-hydrogen) atoms. The molecule has 0 aromatic heterocycles. The van der Waals surface area contributed by atoms with Gasteiger partial charge in [-0.25, -0.2) is 0 Å². The van der Waals surface area contributed by atoms with E-state index in [0.717, 1.165) is 43.7 Å². The fourth-order valence-electron chi connectivity index (χ4n) is 3.95. The summed E-state index contributed by atoms with van der Waals surface area (Å²) in [5, 5.41) is 0. The minimum Gasteiger partial charge on any atom is -0.492 e. The maximum absolute atomic E-state index is 13.4. The first kappa shape index (κ1) is 14.6. The number of rotatable bonds is 5. The number of carbonyl (C=O) groups is 1. The van der Waals surface area contributed by atoms with Gasteiger partial charge in [-0.3, -0.25) is 9.69 Å². The molecule has 2 aliphatic rings. The number of para-hydroxylation sites is 1. The predicted molar refractivity (Wildman–Crippen MR) is 84.1 cm³/mol. The second-order valence-electron chi connectivity index (χ2n) is 6.15. The van der Waals surface area contributed by atoms with E-state index in [2.05, 4.69) is 24.8 Å². The smallest absolute Gasteiger partial charge is 0.186 e. The zero-order valence-electron chi connectivity index (χ0n) is 13.2. The van der Waals surface area contributed by atoms with E-state index in [9.17, 15) is 4.79 Å². The number of ether oxygens (including phenoxy) is 1. The Balaban J connectivity index is 2.00. The number of nitrogens with zero attached hydrogens (tertiary/aromatic N) is 1. The molecule has 1 aromatic rings. The van der Waals surface area contributed by atoms with Crippen LogP contribution < -0.4 is 4.74 Å². The number of hydrogen-bond donors (Lipinski definition) is 0. The molecule has 3 rings (SSSR count). The van der Waals surface area contributed by atoms with E-state index in [1.807, 2.05) is 12.1 Å². The van der Waals surface area contributed by atoms with Gasteiger partial charge in [-0.15, -0.1) is 0 Å². The zero-order chi connectivity index (χ0) is 14.9. The molecule has 1 saturated heterocycles. The summed E-state index contributed by atoms with van der Waals surface area (Å²) in [6.45, 7) is 7.08. The summed E-state index contributed by atoms with van der Waals surface area (Å²) in [5.74, 6) is 1.10. The molecule has 2 aliphatic heterocycles. The highest BCUT2D eigenvalue weighted by molar-refractivity contribution is 6.05. The number of Topliss-reactive ketones (excluding diaryl/α,β-unsaturated/α-hetero) is 1. The summed E-state index contributed by atoms with van der Waals surface area (Å²) in [7, 11) is 0. The molecular formula is C18H25NO2. The second kappa shape index (κ2) is 5.80. The first-order chi connectivity index (χ1) is 10.2. The topological polar surface area (TPSA) is 29.5 Å². The van der Waals surface area contributed by atoms with E-state index in [0.29, 0.717) is 6.61 Å². The highest BCUT2D eigenvalue weighted by Crippen LogP contribution is 2.37. The molecule has 0 spiro atoms. The Morgan fingerprint density at radius 3 is 2.62 bits per heavy atom. The summed E-state index contributed by atoms with van der Waals surface area (Å²) in [6, 6.07) is 6.03. The minimum atomic E-state index is -0.350. The summed E-state index contributed by atoms with van der Waals surface area (Å²) < 4.78 is 5.76. The average Bonchev–Trinajstić information content (AvgIpc) is 3.20. The van der Waals surface area contributed by atoms with Crippen molar-refractivity contribution in [3.8, 4) is 5.75 Å². The van der Waals surface area contributed by atoms with E-state index in [-0.39, 0.29) is 11.3 Å². The van der Waals surface area contributed by atoms with Gasteiger partial charge in [0, 0.05) is 6.42 Å². The van der Waals surface area contributed by atoms with Crippen LogP contribution in [0.4, 0.5) is 0 Å². The van der Waals surface area contributed by atoms with Crippen molar-refractivity contribution in [3.05, 3.63) is 29.3 Å². The van der Waals surface area contributed by atoms with E-state index in [1.165, 1.54) is 18.4 Å². The fraction of sp³-hybridized carbons (Fsp3) is 0.611. The fourth-order valence-corrected chi connectivity index (χ4v) is 3.95. The third-order valence-corrected chi connectivity index (χ3v) is 5.26. The van der Waals surface area contributed by atoms with Gasteiger partial charge in [-0.1, -0.05) is 26.0 Å². The van der Waals surface area contributed by atoms with Gasteiger partial charge >= 0.3 is 0 Å². The van der Waals surface area contributed by atoms with Crippen molar-refractivity contribution in [1.82, 2.24) is 4.90 Å². The van der Waals surface area contributed by atoms with Crippen molar-refractivity contribution >= 4 is 5.78 Å². The molecule has 0 atom stereocenters. The molecule has 1 fully saturated rings. The van der Waals surface area contributed by atoms with Crippen LogP contribution in [0, 0.1) is 0 Å². The molecule has 0 aliphatic carbocycles. The molecule has 0 N–H and O–H groups in total. The van der Waals surface area contributed by atoms with Gasteiger partial charge in [0.1, 0.15) is 5.75 Å². The quantitative estimate of drug-likeness (QED) is 0.777. The Kier molecular flexibility index (Phi) is 4.03. The maximum atomic E-state index is 13.4. The number of ketones is 1. The van der Waals surface area contributed by atoms with Gasteiger partial charge < -0.3 is 4.74 Å². The lowest BCUT2D eigenvalue weighted by atomic mass is 9.82. The molecule has 3 heteroatoms. The molecule has 2 heterocycles. The lowest BCUT2D eigenvalue weighted by Crippen LogP contribution is -2.52. The highest BCUT2D eigenvalue weighted by Gasteiger charge is 2.43. The Hall–Kier alpha value is -1.35. The number of hydrogen-bond acceptors (Lipinski definition) is 3. The standard InChI is InChI=1S/C18H25NO2/c1-3-18(4-2,19-11-5-6-12-19)17(20)15-9-7-8-14-10-13-21-16(14)15/h7-9H,3-6,10-13H2,1-2H3. The Bertz CT molecular complexity index is 528. The lowest BCUT2D eigenvalue weighted by molar-refractivity contribution is 0.0578. The first-order valence-electron chi connectivity index (χ1n) is 8.27. The molecule has 0 bridgehead atoms. The van der Waals surface area contributed by atoms with Crippen molar-refractivity contribution in [2.45, 2.75) is 51.5 Å². The zero-order valence-corrected chi connectivity index (χ0v) is 13.2. The number of benzene rings is 1. The number of fused-ring (bicyclic) bond motifs is 1. The third kappa shape index (κ3) is 2.28. The first-order valence-corrected chi connectivity index (χ1v) is 8.27. The molecule has 1 aromatic carbocycles. The Morgan fingerprint density at radius 2 is 1.95 bits per heavy atom. The van der Waals surface area contributed by atoms with Crippen molar-refractivity contribution in [3.63, 3.8) is 0 Å². The highest BCUT2D eigenvalue weighted by atomic mass is 16.5. The molecule has 0 unspecified atom stereocenters. The van der Waals surface area contributed by atoms with Crippen molar-refractivity contribution in [2.24, 2.45) is 0 Å². The van der Waals surface area contributed by atoms with Gasteiger partial charge in [0.2, 0.25) is 0 Å². The van der Waals surface area contributed by atoms with Gasteiger partial charge in [0.25, 0.3) is 0 Å². The summed E-state index contributed by atoms with van der Waals surface area (Å²) in [4.78, 5) is 15.8. The van der Waals surface area contributed by atoms with Crippen LogP contribution in [0.25, 0.3) is 0 Å². The monoisotopic (exact) mass is 287 g/mol. The van der Waals surface area contributed by atoms with E-state index in [4.69, 9.17) is 4.74 Å². The van der Waals surface area contributed by atoms with Gasteiger partial charge in [0.15, 0.2) is 5.78 Å². The Labute approximate surface area is 127 Å². The normalized spacial score (nSPS) is 18.6. The minimum absolute atomic E-state index is 0.258. The van der Waals surface area contributed by atoms with Crippen LogP contribution in [-0.4, -0.2) is 35.9 Å². The van der Waals surface area contributed by atoms with Gasteiger partial charge in [-0.05, 0) is 50.4 Å². The maximum Gasteiger partial charge on any atom is 0.186 e. The van der Waals surface area contributed by atoms with Crippen LogP contribution >= 0.6 is 0 Å². The molecule has 0 radical (unpaired) electrons. The van der Waals surface area contributed by atoms with Crippen molar-refractivity contribution < 1.29 is 9.53 Å². The van der Waals surface area contributed by atoms with Gasteiger partial charge in [0.05, 0.1) is 17.7 Å². The molecule has 0 amide bonds. The van der Waals surface area contributed by atoms with E-state index >= 15 is 0 Å². The SMILES string of the molecule is CCC(CC)(C(=O)c1cccc2c1OCC2)N1CCCC1. The number of carbonyl (C=O) groups excluding carboxylic acids is 1. The molecule has 3 nitrogen and oxygen atoms in total. The van der Waals surface area contributed by atoms with Crippen LogP contribution in [-0.2, 0) is 6.42 Å². The van der Waals surface area contributed by atoms with E-state index < -0.39 is 0 Å². The van der Waals surface area contributed by atoms with Crippen LogP contribution in [0.2, 0.25) is 0 Å². The van der Waals surface area contributed by atoms with Gasteiger partial charge in [-0.2, -0.15) is 0 Å². The molecule has 114 valence electrons. The Morgan fingerprint density at radius 1 is 1.24 bits per heavy atom. The van der Waals surface area contributed by atoms with Crippen LogP contribution in [0.15, 0.2) is 18.2 Å². The summed E-state index contributed by atoms with van der Waals surface area (Å²) in [6.07, 6.45) is 5.07. The predicted octanol–water partition coefficient (Wildman–Crippen LogP) is 3.46. The van der Waals surface area contributed by atoms with E-state index in [1.54, 1.807) is 0 Å². The number of likely N-dealkylation sites (tertiary alicyclic amines) is 1. The molecular weight excluding hydrogens is 262 g/mol. The van der Waals surface area contributed by atoms with Crippen molar-refractivity contribution in [2.75, 3.05) is 19.7 Å². The van der Waals surface area contributed by atoms with Crippen LogP contribution in [0.1, 0.15) is 55.5 Å². The van der Waals surface area contributed by atoms with Crippen molar-refractivity contribution in [1.29, 1.82) is 0 Å².